The minimum absolute atomic E-state index is 0.0612. The molecule has 0 spiro atoms. The summed E-state index contributed by atoms with van der Waals surface area (Å²) in [7, 11) is 1.71. The Balaban J connectivity index is 1.20. The highest BCUT2D eigenvalue weighted by Crippen LogP contribution is 2.61. The number of benzene rings is 3. The van der Waals surface area contributed by atoms with Crippen molar-refractivity contribution in [1.82, 2.24) is 23.7 Å². The van der Waals surface area contributed by atoms with Gasteiger partial charge in [0.1, 0.15) is 11.5 Å². The number of carbonyl (C=O) groups excluding carboxylic acids is 2. The van der Waals surface area contributed by atoms with Crippen LogP contribution in [0.15, 0.2) is 94.0 Å². The third-order valence-corrected chi connectivity index (χ3v) is 12.9. The van der Waals surface area contributed by atoms with Crippen LogP contribution in [-0.2, 0) is 23.2 Å². The van der Waals surface area contributed by atoms with Crippen molar-refractivity contribution in [2.75, 3.05) is 11.5 Å². The summed E-state index contributed by atoms with van der Waals surface area (Å²) in [5.41, 5.74) is 1.08. The second kappa shape index (κ2) is 12.2. The van der Waals surface area contributed by atoms with Gasteiger partial charge in [0.25, 0.3) is 0 Å². The van der Waals surface area contributed by atoms with E-state index in [1.807, 2.05) is 51.1 Å². The first kappa shape index (κ1) is 34.1. The van der Waals surface area contributed by atoms with Gasteiger partial charge in [0.15, 0.2) is 11.5 Å². The molecule has 4 unspecified atom stereocenters. The van der Waals surface area contributed by atoms with Crippen molar-refractivity contribution in [2.45, 2.75) is 45.7 Å². The molecule has 2 amide bonds. The molecule has 14 heteroatoms. The van der Waals surface area contributed by atoms with Crippen LogP contribution >= 0.6 is 22.9 Å². The van der Waals surface area contributed by atoms with Crippen LogP contribution < -0.4 is 21.0 Å². The Labute approximate surface area is 317 Å². The van der Waals surface area contributed by atoms with Crippen molar-refractivity contribution in [3.63, 3.8) is 0 Å². The molecular formula is C40H35ClN6O6S. The Bertz CT molecular complexity index is 2720. The summed E-state index contributed by atoms with van der Waals surface area (Å²) in [5, 5.41) is 17.1. The lowest BCUT2D eigenvalue weighted by Crippen LogP contribution is -2.49. The first-order valence-electron chi connectivity index (χ1n) is 17.7. The number of halogens is 1. The van der Waals surface area contributed by atoms with Gasteiger partial charge in [-0.3, -0.25) is 14.3 Å². The number of aromatic nitrogens is 5. The van der Waals surface area contributed by atoms with Crippen LogP contribution in [-0.4, -0.2) is 47.2 Å². The molecule has 1 saturated heterocycles. The second-order valence-corrected chi connectivity index (χ2v) is 15.7. The van der Waals surface area contributed by atoms with E-state index in [4.69, 9.17) is 21.4 Å². The lowest BCUT2D eigenvalue weighted by Gasteiger charge is -2.47. The number of rotatable bonds is 6. The zero-order valence-corrected chi connectivity index (χ0v) is 31.4. The number of fused-ring (bicyclic) bond motifs is 5. The minimum atomic E-state index is -1.32. The first-order valence-corrected chi connectivity index (χ1v) is 18.9. The van der Waals surface area contributed by atoms with Crippen molar-refractivity contribution in [3.05, 3.63) is 122 Å². The van der Waals surface area contributed by atoms with Crippen molar-refractivity contribution >= 4 is 50.7 Å². The van der Waals surface area contributed by atoms with E-state index >= 15 is 4.79 Å². The molecule has 274 valence electrons. The van der Waals surface area contributed by atoms with Gasteiger partial charge in [0, 0.05) is 28.8 Å². The number of anilines is 1. The van der Waals surface area contributed by atoms with E-state index in [-0.39, 0.29) is 24.5 Å². The molecule has 1 N–H and O–H groups in total. The number of aromatic hydroxyl groups is 1. The standard InChI is InChI=1S/C40H35ClN6O6S/c1-5-53-31-17-22(11-13-30(31)48)34-25-15-16-44-38(51)45(24-9-7-6-8-10-24)39(52)47(44)29(25)19-27-36(49)46(37(50)40(27,34)3)33-20-28(42-43(33)4)35-21(2)26-18-23(41)12-14-32(26)54-35/h6-15,17-18,20,27,29,34,48H,5,16,19H2,1-4H3. The van der Waals surface area contributed by atoms with Gasteiger partial charge in [0.05, 0.1) is 41.1 Å². The predicted octanol–water partition coefficient (Wildman–Crippen LogP) is 6.35. The maximum Gasteiger partial charge on any atom is 0.352 e. The smallest absolute Gasteiger partial charge is 0.352 e. The normalized spacial score (nSPS) is 22.0. The van der Waals surface area contributed by atoms with E-state index in [2.05, 4.69) is 0 Å². The van der Waals surface area contributed by atoms with E-state index in [0.717, 1.165) is 30.7 Å². The topological polar surface area (TPSA) is 134 Å². The van der Waals surface area contributed by atoms with Gasteiger partial charge in [-0.1, -0.05) is 41.9 Å². The molecule has 9 rings (SSSR count). The van der Waals surface area contributed by atoms with Gasteiger partial charge in [-0.15, -0.1) is 11.3 Å². The molecule has 5 heterocycles. The minimum Gasteiger partial charge on any atom is -0.504 e. The van der Waals surface area contributed by atoms with Gasteiger partial charge < -0.3 is 9.84 Å². The Morgan fingerprint density at radius 1 is 1.02 bits per heavy atom. The molecule has 3 aliphatic rings. The van der Waals surface area contributed by atoms with Crippen LogP contribution in [0.4, 0.5) is 5.82 Å². The molecule has 3 aromatic carbocycles. The number of allylic oxidation sites excluding steroid dienone is 2. The fraction of sp³-hybridized carbons (Fsp3) is 0.275. The Morgan fingerprint density at radius 3 is 2.56 bits per heavy atom. The highest BCUT2D eigenvalue weighted by Gasteiger charge is 2.66. The van der Waals surface area contributed by atoms with Crippen LogP contribution in [0.3, 0.4) is 0 Å². The summed E-state index contributed by atoms with van der Waals surface area (Å²) in [6, 6.07) is 20.5. The van der Waals surface area contributed by atoms with Crippen molar-refractivity contribution < 1.29 is 19.4 Å². The lowest BCUT2D eigenvalue weighted by atomic mass is 9.56. The van der Waals surface area contributed by atoms with Crippen molar-refractivity contribution in [1.29, 1.82) is 0 Å². The van der Waals surface area contributed by atoms with Crippen molar-refractivity contribution in [2.24, 2.45) is 18.4 Å². The van der Waals surface area contributed by atoms with Crippen LogP contribution in [0.5, 0.6) is 11.5 Å². The number of para-hydroxylation sites is 1. The zero-order chi connectivity index (χ0) is 37.8. The van der Waals surface area contributed by atoms with Crippen molar-refractivity contribution in [3.8, 4) is 27.8 Å². The number of nitrogens with zero attached hydrogens (tertiary/aromatic N) is 6. The highest BCUT2D eigenvalue weighted by molar-refractivity contribution is 7.22. The molecule has 54 heavy (non-hydrogen) atoms. The van der Waals surface area contributed by atoms with Crippen LogP contribution in [0.2, 0.25) is 5.02 Å². The Morgan fingerprint density at radius 2 is 1.80 bits per heavy atom. The number of imide groups is 1. The number of thiophene rings is 1. The number of aryl methyl sites for hydroxylation is 2. The SMILES string of the molecule is CCOc1cc(C2C3=CCn4c(=O)n(-c5ccccc5)c(=O)n4C3CC3C(=O)N(c4cc(-c5sc6ccc(Cl)cc6c5C)nn4C)C(=O)C32C)ccc1O. The van der Waals surface area contributed by atoms with E-state index in [1.165, 1.54) is 20.3 Å². The molecule has 2 aliphatic heterocycles. The predicted molar refractivity (Wildman–Crippen MR) is 206 cm³/mol. The molecule has 0 radical (unpaired) electrons. The summed E-state index contributed by atoms with van der Waals surface area (Å²) >= 11 is 7.88. The fourth-order valence-corrected chi connectivity index (χ4v) is 10.2. The highest BCUT2D eigenvalue weighted by atomic mass is 35.5. The second-order valence-electron chi connectivity index (χ2n) is 14.2. The Hall–Kier alpha value is -5.66. The zero-order valence-electron chi connectivity index (χ0n) is 29.8. The summed E-state index contributed by atoms with van der Waals surface area (Å²) in [4.78, 5) is 60.2. The monoisotopic (exact) mass is 762 g/mol. The van der Waals surface area contributed by atoms with E-state index in [9.17, 15) is 19.5 Å². The fourth-order valence-electron chi connectivity index (χ4n) is 8.87. The number of carbonyl (C=O) groups is 2. The quantitative estimate of drug-likeness (QED) is 0.155. The van der Waals surface area contributed by atoms with Gasteiger partial charge in [-0.05, 0) is 91.7 Å². The van der Waals surface area contributed by atoms with E-state index in [1.54, 1.807) is 65.5 Å². The maximum atomic E-state index is 15.1. The molecule has 1 saturated carbocycles. The molecule has 0 bridgehead atoms. The van der Waals surface area contributed by atoms with E-state index < -0.39 is 46.5 Å². The molecule has 12 nitrogen and oxygen atoms in total. The number of hydrogen-bond donors (Lipinski definition) is 1. The third-order valence-electron chi connectivity index (χ3n) is 11.4. The van der Waals surface area contributed by atoms with Crippen LogP contribution in [0.25, 0.3) is 26.3 Å². The number of phenolic OH excluding ortho intramolecular Hbond substituents is 1. The number of phenols is 1. The maximum absolute atomic E-state index is 15.1. The number of amides is 2. The van der Waals surface area contributed by atoms with Crippen LogP contribution in [0.1, 0.15) is 43.4 Å². The van der Waals surface area contributed by atoms with Gasteiger partial charge >= 0.3 is 11.4 Å². The third kappa shape index (κ3) is 4.70. The van der Waals surface area contributed by atoms with E-state index in [0.29, 0.717) is 34.4 Å². The summed E-state index contributed by atoms with van der Waals surface area (Å²) < 4.78 is 12.4. The Kier molecular flexibility index (Phi) is 7.70. The molecule has 6 aromatic rings. The largest absolute Gasteiger partial charge is 0.504 e. The molecular weight excluding hydrogens is 728 g/mol. The summed E-state index contributed by atoms with van der Waals surface area (Å²) in [6.07, 6.45) is 2.01. The summed E-state index contributed by atoms with van der Waals surface area (Å²) in [5.74, 6) is -1.93. The van der Waals surface area contributed by atoms with Gasteiger partial charge in [0.2, 0.25) is 11.8 Å². The molecule has 4 atom stereocenters. The van der Waals surface area contributed by atoms with Gasteiger partial charge in [-0.2, -0.15) is 5.10 Å². The molecule has 2 fully saturated rings. The number of ether oxygens (including phenoxy) is 1. The molecule has 1 aliphatic carbocycles. The lowest BCUT2D eigenvalue weighted by molar-refractivity contribution is -0.129. The first-order chi connectivity index (χ1) is 25.9. The van der Waals surface area contributed by atoms with Gasteiger partial charge in [-0.25, -0.2) is 28.4 Å². The molecule has 3 aromatic heterocycles. The average Bonchev–Trinajstić information content (AvgIpc) is 3.83. The average molecular weight is 763 g/mol. The number of hydrogen-bond acceptors (Lipinski definition) is 8. The van der Waals surface area contributed by atoms with Crippen LogP contribution in [0, 0.1) is 18.3 Å². The summed E-state index contributed by atoms with van der Waals surface area (Å²) in [6.45, 7) is 6.00.